The molecule has 0 fully saturated rings. The maximum absolute atomic E-state index is 13.5. The number of carbonyl (C=O) groups is 1. The van der Waals surface area contributed by atoms with Crippen molar-refractivity contribution in [2.45, 2.75) is 26.4 Å². The fourth-order valence-corrected chi connectivity index (χ4v) is 3.83. The number of aromatic nitrogens is 3. The van der Waals surface area contributed by atoms with Gasteiger partial charge in [0.05, 0.1) is 28.9 Å². The molecule has 1 aliphatic rings. The molecule has 1 unspecified atom stereocenters. The van der Waals surface area contributed by atoms with E-state index in [1.165, 1.54) is 0 Å². The van der Waals surface area contributed by atoms with Crippen molar-refractivity contribution in [1.29, 1.82) is 0 Å². The Hall–Kier alpha value is -3.35. The summed E-state index contributed by atoms with van der Waals surface area (Å²) in [4.78, 5) is 19.9. The van der Waals surface area contributed by atoms with Gasteiger partial charge in [0.2, 0.25) is 0 Å². The van der Waals surface area contributed by atoms with Gasteiger partial charge in [-0.3, -0.25) is 4.79 Å². The third-order valence-corrected chi connectivity index (χ3v) is 5.22. The first-order valence-corrected chi connectivity index (χ1v) is 8.90. The third-order valence-electron chi connectivity index (χ3n) is 5.22. The summed E-state index contributed by atoms with van der Waals surface area (Å²) in [6.45, 7) is 5.29. The van der Waals surface area contributed by atoms with Crippen LogP contribution in [0.2, 0.25) is 0 Å². The van der Waals surface area contributed by atoms with Crippen LogP contribution in [-0.2, 0) is 6.54 Å². The second-order valence-electron chi connectivity index (χ2n) is 6.78. The van der Waals surface area contributed by atoms with Crippen molar-refractivity contribution in [3.05, 3.63) is 59.7 Å². The molecule has 1 aliphatic heterocycles. The molecule has 136 valence electrons. The normalized spacial score (nSPS) is 16.7. The first-order chi connectivity index (χ1) is 13.1. The van der Waals surface area contributed by atoms with E-state index in [2.05, 4.69) is 33.9 Å². The van der Waals surface area contributed by atoms with Crippen molar-refractivity contribution in [2.24, 2.45) is 0 Å². The highest BCUT2D eigenvalue weighted by atomic mass is 16.5. The minimum absolute atomic E-state index is 0.0169. The minimum atomic E-state index is -0.0542. The summed E-state index contributed by atoms with van der Waals surface area (Å²) in [6.07, 6.45) is 3.63. The van der Waals surface area contributed by atoms with Crippen molar-refractivity contribution in [2.75, 3.05) is 6.54 Å². The van der Waals surface area contributed by atoms with Gasteiger partial charge in [-0.25, -0.2) is 4.98 Å². The summed E-state index contributed by atoms with van der Waals surface area (Å²) >= 11 is 0. The molecule has 0 bridgehead atoms. The number of amides is 1. The number of rotatable bonds is 2. The fraction of sp³-hybridized carbons (Fsp3) is 0.250. The van der Waals surface area contributed by atoms with Crippen molar-refractivity contribution < 1.29 is 13.7 Å². The van der Waals surface area contributed by atoms with E-state index in [-0.39, 0.29) is 11.9 Å². The predicted molar refractivity (Wildman–Crippen MR) is 98.1 cm³/mol. The van der Waals surface area contributed by atoms with Gasteiger partial charge in [-0.05, 0) is 44.2 Å². The average Bonchev–Trinajstić information content (AvgIpc) is 3.42. The molecule has 0 radical (unpaired) electrons. The van der Waals surface area contributed by atoms with E-state index in [1.807, 2.05) is 24.0 Å². The molecule has 27 heavy (non-hydrogen) atoms. The van der Waals surface area contributed by atoms with Crippen LogP contribution in [0.4, 0.5) is 0 Å². The van der Waals surface area contributed by atoms with Crippen LogP contribution in [0.5, 0.6) is 0 Å². The van der Waals surface area contributed by atoms with Crippen LogP contribution in [0.25, 0.3) is 22.6 Å². The van der Waals surface area contributed by atoms with Gasteiger partial charge in [-0.15, -0.1) is 0 Å². The number of nitrogens with zero attached hydrogens (tertiary/aromatic N) is 4. The predicted octanol–water partition coefficient (Wildman–Crippen LogP) is 3.81. The van der Waals surface area contributed by atoms with E-state index >= 15 is 0 Å². The number of hydrogen-bond donors (Lipinski definition) is 0. The van der Waals surface area contributed by atoms with Crippen LogP contribution < -0.4 is 0 Å². The molecule has 0 aromatic carbocycles. The number of pyridine rings is 1. The lowest BCUT2D eigenvalue weighted by molar-refractivity contribution is 0.0646. The molecule has 0 spiro atoms. The van der Waals surface area contributed by atoms with Crippen LogP contribution in [-0.4, -0.2) is 32.1 Å². The molecule has 4 aromatic heterocycles. The number of furan rings is 1. The van der Waals surface area contributed by atoms with Crippen molar-refractivity contribution in [3.8, 4) is 11.5 Å². The third kappa shape index (κ3) is 2.38. The maximum atomic E-state index is 13.5. The lowest BCUT2D eigenvalue weighted by atomic mass is 10.0. The van der Waals surface area contributed by atoms with E-state index in [0.717, 1.165) is 12.2 Å². The van der Waals surface area contributed by atoms with Crippen LogP contribution in [0.3, 0.4) is 0 Å². The Morgan fingerprint density at radius 1 is 1.26 bits per heavy atom. The number of aryl methyl sites for hydroxylation is 1. The van der Waals surface area contributed by atoms with Crippen molar-refractivity contribution in [1.82, 2.24) is 19.6 Å². The highest BCUT2D eigenvalue weighted by molar-refractivity contribution is 6.07. The maximum Gasteiger partial charge on any atom is 0.259 e. The molecule has 4 aromatic rings. The molecule has 5 rings (SSSR count). The standard InChI is InChI=1S/C20H18N4O3/c1-12-18-14(11-15(17-6-4-10-26-17)21-19(18)27-22-12)20(25)24-9-8-23-7-3-5-16(23)13(24)2/h3-7,10-11,13H,8-9H2,1-2H3. The first kappa shape index (κ1) is 15.9. The van der Waals surface area contributed by atoms with E-state index in [1.54, 1.807) is 18.4 Å². The lowest BCUT2D eigenvalue weighted by Gasteiger charge is -2.35. The molecule has 7 heteroatoms. The van der Waals surface area contributed by atoms with E-state index < -0.39 is 0 Å². The van der Waals surface area contributed by atoms with Gasteiger partial charge in [0.25, 0.3) is 11.6 Å². The Bertz CT molecular complexity index is 1140. The van der Waals surface area contributed by atoms with E-state index in [0.29, 0.717) is 40.4 Å². The molecule has 0 saturated carbocycles. The summed E-state index contributed by atoms with van der Waals surface area (Å²) in [7, 11) is 0. The zero-order chi connectivity index (χ0) is 18.5. The Morgan fingerprint density at radius 2 is 2.15 bits per heavy atom. The number of fused-ring (bicyclic) bond motifs is 2. The summed E-state index contributed by atoms with van der Waals surface area (Å²) < 4.78 is 13.0. The zero-order valence-electron chi connectivity index (χ0n) is 15.0. The van der Waals surface area contributed by atoms with Crippen molar-refractivity contribution in [3.63, 3.8) is 0 Å². The first-order valence-electron chi connectivity index (χ1n) is 8.90. The van der Waals surface area contributed by atoms with Gasteiger partial charge < -0.3 is 18.4 Å². The van der Waals surface area contributed by atoms with Crippen LogP contribution in [0.15, 0.2) is 51.7 Å². The molecular formula is C20H18N4O3. The van der Waals surface area contributed by atoms with Gasteiger partial charge in [-0.1, -0.05) is 5.16 Å². The highest BCUT2D eigenvalue weighted by Crippen LogP contribution is 2.32. The highest BCUT2D eigenvalue weighted by Gasteiger charge is 2.30. The lowest BCUT2D eigenvalue weighted by Crippen LogP contribution is -2.40. The van der Waals surface area contributed by atoms with Gasteiger partial charge in [0.1, 0.15) is 5.69 Å². The van der Waals surface area contributed by atoms with E-state index in [9.17, 15) is 4.79 Å². The SMILES string of the molecule is Cc1noc2nc(-c3ccco3)cc(C(=O)N3CCn4cccc4C3C)c12. The Kier molecular flexibility index (Phi) is 3.43. The zero-order valence-corrected chi connectivity index (χ0v) is 15.0. The average molecular weight is 362 g/mol. The molecule has 7 nitrogen and oxygen atoms in total. The monoisotopic (exact) mass is 362 g/mol. The van der Waals surface area contributed by atoms with Gasteiger partial charge in [-0.2, -0.15) is 0 Å². The molecule has 0 N–H and O–H groups in total. The van der Waals surface area contributed by atoms with Gasteiger partial charge in [0, 0.05) is 25.0 Å². The Morgan fingerprint density at radius 3 is 2.96 bits per heavy atom. The topological polar surface area (TPSA) is 77.3 Å². The van der Waals surface area contributed by atoms with E-state index in [4.69, 9.17) is 8.94 Å². The van der Waals surface area contributed by atoms with Crippen molar-refractivity contribution >= 4 is 17.0 Å². The van der Waals surface area contributed by atoms with Gasteiger partial charge in [0.15, 0.2) is 5.76 Å². The molecule has 1 atom stereocenters. The summed E-state index contributed by atoms with van der Waals surface area (Å²) in [5.74, 6) is 0.530. The van der Waals surface area contributed by atoms with Crippen LogP contribution in [0.1, 0.15) is 34.7 Å². The second kappa shape index (κ2) is 5.84. The fourth-order valence-electron chi connectivity index (χ4n) is 3.83. The molecular weight excluding hydrogens is 344 g/mol. The number of hydrogen-bond acceptors (Lipinski definition) is 5. The second-order valence-corrected chi connectivity index (χ2v) is 6.78. The summed E-state index contributed by atoms with van der Waals surface area (Å²) in [5.41, 5.74) is 3.22. The van der Waals surface area contributed by atoms with Gasteiger partial charge >= 0.3 is 0 Å². The summed E-state index contributed by atoms with van der Waals surface area (Å²) in [6, 6.07) is 9.43. The quantitative estimate of drug-likeness (QED) is 0.542. The molecule has 1 amide bonds. The smallest absolute Gasteiger partial charge is 0.259 e. The molecule has 5 heterocycles. The summed E-state index contributed by atoms with van der Waals surface area (Å²) in [5, 5.41) is 4.67. The Balaban J connectivity index is 1.63. The van der Waals surface area contributed by atoms with Crippen LogP contribution >= 0.6 is 0 Å². The minimum Gasteiger partial charge on any atom is -0.463 e. The molecule has 0 aliphatic carbocycles. The largest absolute Gasteiger partial charge is 0.463 e. The Labute approximate surface area is 155 Å². The molecule has 0 saturated heterocycles. The number of carbonyl (C=O) groups excluding carboxylic acids is 1. The van der Waals surface area contributed by atoms with Crippen LogP contribution in [0, 0.1) is 6.92 Å².